The summed E-state index contributed by atoms with van der Waals surface area (Å²) in [5, 5.41) is 4.80. The highest BCUT2D eigenvalue weighted by Gasteiger charge is 2.19. The van der Waals surface area contributed by atoms with Crippen LogP contribution in [0.3, 0.4) is 0 Å². The molecule has 1 saturated heterocycles. The molecule has 72 valence electrons. The van der Waals surface area contributed by atoms with Crippen molar-refractivity contribution in [3.8, 4) is 0 Å². The lowest BCUT2D eigenvalue weighted by atomic mass is 9.98. The zero-order chi connectivity index (χ0) is 9.38. The first-order valence-electron chi connectivity index (χ1n) is 5.22. The Labute approximate surface area is 83.3 Å². The first-order chi connectivity index (χ1) is 6.95. The van der Waals surface area contributed by atoms with Crippen molar-refractivity contribution < 1.29 is 0 Å². The van der Waals surface area contributed by atoms with E-state index in [0.717, 1.165) is 13.1 Å². The zero-order valence-electron chi connectivity index (χ0n) is 8.09. The van der Waals surface area contributed by atoms with E-state index in [9.17, 15) is 0 Å². The van der Waals surface area contributed by atoms with Crippen molar-refractivity contribution in [3.63, 3.8) is 0 Å². The van der Waals surface area contributed by atoms with Crippen LogP contribution in [0.4, 0.5) is 0 Å². The summed E-state index contributed by atoms with van der Waals surface area (Å²) in [6, 6.07) is 8.54. The molecule has 0 spiro atoms. The molecule has 0 unspecified atom stereocenters. The quantitative estimate of drug-likeness (QED) is 0.702. The minimum Gasteiger partial charge on any atom is -0.361 e. The van der Waals surface area contributed by atoms with Crippen LogP contribution in [0, 0.1) is 0 Å². The number of rotatable bonds is 1. The number of hydrogen-bond acceptors (Lipinski definition) is 1. The van der Waals surface area contributed by atoms with Crippen molar-refractivity contribution in [2.45, 2.75) is 12.3 Å². The van der Waals surface area contributed by atoms with E-state index in [0.29, 0.717) is 5.92 Å². The number of H-pyrrole nitrogens is 1. The standard InChI is InChI=1S/C12H14N2/c1-2-4-12-10(3-1)11(8-14-12)9-5-6-13-7-9/h1-4,8-9,13-14H,5-7H2/t9-/m0/s1. The minimum absolute atomic E-state index is 0.700. The Hall–Kier alpha value is -1.28. The molecule has 14 heavy (non-hydrogen) atoms. The fraction of sp³-hybridized carbons (Fsp3) is 0.333. The Bertz CT molecular complexity index is 438. The van der Waals surface area contributed by atoms with Gasteiger partial charge in [0, 0.05) is 23.6 Å². The highest BCUT2D eigenvalue weighted by Crippen LogP contribution is 2.28. The van der Waals surface area contributed by atoms with Crippen molar-refractivity contribution in [3.05, 3.63) is 36.0 Å². The first kappa shape index (κ1) is 8.06. The summed E-state index contributed by atoms with van der Waals surface area (Å²) in [6.07, 6.45) is 3.43. The lowest BCUT2D eigenvalue weighted by Crippen LogP contribution is -2.07. The Morgan fingerprint density at radius 3 is 3.00 bits per heavy atom. The van der Waals surface area contributed by atoms with Crippen molar-refractivity contribution in [2.75, 3.05) is 13.1 Å². The lowest BCUT2D eigenvalue weighted by molar-refractivity contribution is 0.769. The molecule has 2 N–H and O–H groups in total. The predicted octanol–water partition coefficient (Wildman–Crippen LogP) is 2.24. The van der Waals surface area contributed by atoms with E-state index in [1.807, 2.05) is 0 Å². The third kappa shape index (κ3) is 1.15. The van der Waals surface area contributed by atoms with E-state index >= 15 is 0 Å². The predicted molar refractivity (Wildman–Crippen MR) is 58.5 cm³/mol. The van der Waals surface area contributed by atoms with Gasteiger partial charge in [-0.1, -0.05) is 18.2 Å². The van der Waals surface area contributed by atoms with Crippen LogP contribution in [0.2, 0.25) is 0 Å². The summed E-state index contributed by atoms with van der Waals surface area (Å²) < 4.78 is 0. The van der Waals surface area contributed by atoms with Gasteiger partial charge in [-0.3, -0.25) is 0 Å². The fourth-order valence-electron chi connectivity index (χ4n) is 2.35. The number of fused-ring (bicyclic) bond motifs is 1. The fourth-order valence-corrected chi connectivity index (χ4v) is 2.35. The molecule has 1 aromatic carbocycles. The van der Waals surface area contributed by atoms with Gasteiger partial charge in [-0.15, -0.1) is 0 Å². The minimum atomic E-state index is 0.700. The van der Waals surface area contributed by atoms with Crippen molar-refractivity contribution in [1.29, 1.82) is 0 Å². The number of hydrogen-bond donors (Lipinski definition) is 2. The van der Waals surface area contributed by atoms with Crippen LogP contribution in [0.15, 0.2) is 30.5 Å². The van der Waals surface area contributed by atoms with Crippen LogP contribution in [-0.4, -0.2) is 18.1 Å². The summed E-state index contributed by atoms with van der Waals surface area (Å²) >= 11 is 0. The van der Waals surface area contributed by atoms with Gasteiger partial charge < -0.3 is 10.3 Å². The van der Waals surface area contributed by atoms with Gasteiger partial charge in [0.1, 0.15) is 0 Å². The second-order valence-corrected chi connectivity index (χ2v) is 3.98. The summed E-state index contributed by atoms with van der Waals surface area (Å²) in [7, 11) is 0. The molecule has 0 saturated carbocycles. The van der Waals surface area contributed by atoms with E-state index < -0.39 is 0 Å². The summed E-state index contributed by atoms with van der Waals surface area (Å²) in [5.41, 5.74) is 2.74. The van der Waals surface area contributed by atoms with Crippen LogP contribution in [-0.2, 0) is 0 Å². The summed E-state index contributed by atoms with van der Waals surface area (Å²) in [6.45, 7) is 2.28. The lowest BCUT2D eigenvalue weighted by Gasteiger charge is -2.05. The van der Waals surface area contributed by atoms with Crippen molar-refractivity contribution >= 4 is 10.9 Å². The molecule has 1 aliphatic rings. The van der Waals surface area contributed by atoms with Crippen LogP contribution in [0.25, 0.3) is 10.9 Å². The van der Waals surface area contributed by atoms with Gasteiger partial charge in [0.15, 0.2) is 0 Å². The third-order valence-electron chi connectivity index (χ3n) is 3.12. The molecule has 0 aliphatic carbocycles. The molecule has 1 aliphatic heterocycles. The van der Waals surface area contributed by atoms with Gasteiger partial charge in [-0.05, 0) is 30.5 Å². The maximum Gasteiger partial charge on any atom is 0.0456 e. The van der Waals surface area contributed by atoms with Gasteiger partial charge in [0.05, 0.1) is 0 Å². The maximum absolute atomic E-state index is 3.41. The second kappa shape index (κ2) is 3.14. The molecule has 2 nitrogen and oxygen atoms in total. The second-order valence-electron chi connectivity index (χ2n) is 3.98. The Balaban J connectivity index is 2.11. The molecule has 0 amide bonds. The Morgan fingerprint density at radius 2 is 2.14 bits per heavy atom. The molecule has 1 fully saturated rings. The largest absolute Gasteiger partial charge is 0.361 e. The van der Waals surface area contributed by atoms with Crippen LogP contribution in [0.5, 0.6) is 0 Å². The summed E-state index contributed by atoms with van der Waals surface area (Å²) in [5.74, 6) is 0.700. The molecule has 2 aromatic rings. The number of nitrogens with one attached hydrogen (secondary N) is 2. The number of benzene rings is 1. The monoisotopic (exact) mass is 186 g/mol. The van der Waals surface area contributed by atoms with E-state index in [1.54, 1.807) is 0 Å². The highest BCUT2D eigenvalue weighted by atomic mass is 14.9. The molecule has 0 bridgehead atoms. The smallest absolute Gasteiger partial charge is 0.0456 e. The maximum atomic E-state index is 3.41. The molecular weight excluding hydrogens is 172 g/mol. The first-order valence-corrected chi connectivity index (χ1v) is 5.22. The van der Waals surface area contributed by atoms with Crippen molar-refractivity contribution in [1.82, 2.24) is 10.3 Å². The average Bonchev–Trinajstić information content (AvgIpc) is 2.85. The van der Waals surface area contributed by atoms with Crippen LogP contribution < -0.4 is 5.32 Å². The molecule has 2 heterocycles. The number of para-hydroxylation sites is 1. The van der Waals surface area contributed by atoms with Gasteiger partial charge in [0.25, 0.3) is 0 Å². The summed E-state index contributed by atoms with van der Waals surface area (Å²) in [4.78, 5) is 3.34. The number of aromatic nitrogens is 1. The molecule has 1 atom stereocenters. The highest BCUT2D eigenvalue weighted by molar-refractivity contribution is 5.83. The zero-order valence-corrected chi connectivity index (χ0v) is 8.09. The van der Waals surface area contributed by atoms with Crippen LogP contribution >= 0.6 is 0 Å². The Kier molecular flexibility index (Phi) is 1.81. The molecular formula is C12H14N2. The van der Waals surface area contributed by atoms with Crippen molar-refractivity contribution in [2.24, 2.45) is 0 Å². The van der Waals surface area contributed by atoms with Gasteiger partial charge in [-0.2, -0.15) is 0 Å². The molecule has 3 rings (SSSR count). The van der Waals surface area contributed by atoms with Gasteiger partial charge >= 0.3 is 0 Å². The van der Waals surface area contributed by atoms with Gasteiger partial charge in [-0.25, -0.2) is 0 Å². The molecule has 2 heteroatoms. The van der Waals surface area contributed by atoms with E-state index in [-0.39, 0.29) is 0 Å². The van der Waals surface area contributed by atoms with E-state index in [4.69, 9.17) is 0 Å². The van der Waals surface area contributed by atoms with Crippen LogP contribution in [0.1, 0.15) is 17.9 Å². The van der Waals surface area contributed by atoms with Gasteiger partial charge in [0.2, 0.25) is 0 Å². The normalized spacial score (nSPS) is 21.9. The SMILES string of the molecule is c1ccc2c([C@H]3CCNC3)c[nH]c2c1. The van der Waals surface area contributed by atoms with E-state index in [1.165, 1.54) is 22.9 Å². The Morgan fingerprint density at radius 1 is 1.21 bits per heavy atom. The van der Waals surface area contributed by atoms with E-state index in [2.05, 4.69) is 40.8 Å². The average molecular weight is 186 g/mol. The topological polar surface area (TPSA) is 27.8 Å². The number of aromatic amines is 1. The molecule has 0 radical (unpaired) electrons. The third-order valence-corrected chi connectivity index (χ3v) is 3.12. The molecule has 1 aromatic heterocycles.